The number of nitrogens with one attached hydrogen (secondary N) is 1. The van der Waals surface area contributed by atoms with Gasteiger partial charge in [0.1, 0.15) is 0 Å². The normalized spacial score (nSPS) is 25.1. The number of hydrogen-bond acceptors (Lipinski definition) is 1. The van der Waals surface area contributed by atoms with Crippen LogP contribution >= 0.6 is 0 Å². The highest BCUT2D eigenvalue weighted by atomic mass is 15.2. The van der Waals surface area contributed by atoms with Crippen molar-refractivity contribution in [3.63, 3.8) is 0 Å². The maximum atomic E-state index is 3.63. The first-order valence-corrected chi connectivity index (χ1v) is 5.43. The summed E-state index contributed by atoms with van der Waals surface area (Å²) < 4.78 is 2.41. The maximum Gasteiger partial charge on any atom is 0.0511 e. The molecule has 78 valence electrons. The van der Waals surface area contributed by atoms with Crippen molar-refractivity contribution in [2.45, 2.75) is 39.3 Å². The summed E-state index contributed by atoms with van der Waals surface area (Å²) in [6.45, 7) is 10.2. The van der Waals surface area contributed by atoms with E-state index in [4.69, 9.17) is 0 Å². The molecule has 0 amide bonds. The van der Waals surface area contributed by atoms with Gasteiger partial charge in [0.25, 0.3) is 0 Å². The van der Waals surface area contributed by atoms with Crippen LogP contribution in [0, 0.1) is 5.92 Å². The summed E-state index contributed by atoms with van der Waals surface area (Å²) in [5.74, 6) is 0.653. The highest BCUT2D eigenvalue weighted by Crippen LogP contribution is 2.31. The number of nitrogens with zero attached hydrogens (tertiary/aromatic N) is 1. The molecule has 0 fully saturated rings. The van der Waals surface area contributed by atoms with E-state index in [1.807, 2.05) is 0 Å². The monoisotopic (exact) mass is 192 g/mol. The van der Waals surface area contributed by atoms with Crippen LogP contribution in [0.4, 0.5) is 0 Å². The quantitative estimate of drug-likeness (QED) is 0.723. The van der Waals surface area contributed by atoms with Crippen LogP contribution in [0.15, 0.2) is 18.3 Å². The summed E-state index contributed by atoms with van der Waals surface area (Å²) in [7, 11) is 0. The van der Waals surface area contributed by atoms with Crippen LogP contribution in [0.25, 0.3) is 0 Å². The van der Waals surface area contributed by atoms with Crippen molar-refractivity contribution < 1.29 is 0 Å². The zero-order valence-corrected chi connectivity index (χ0v) is 9.54. The fourth-order valence-electron chi connectivity index (χ4n) is 2.33. The van der Waals surface area contributed by atoms with Crippen molar-refractivity contribution in [1.82, 2.24) is 9.88 Å². The minimum absolute atomic E-state index is 0.213. The summed E-state index contributed by atoms with van der Waals surface area (Å²) in [5, 5.41) is 3.63. The van der Waals surface area contributed by atoms with E-state index < -0.39 is 0 Å². The van der Waals surface area contributed by atoms with Gasteiger partial charge in [0.05, 0.1) is 5.54 Å². The number of fused-ring (bicyclic) bond motifs is 1. The first kappa shape index (κ1) is 9.78. The Morgan fingerprint density at radius 1 is 1.50 bits per heavy atom. The van der Waals surface area contributed by atoms with E-state index in [1.165, 1.54) is 5.69 Å². The topological polar surface area (TPSA) is 17.0 Å². The van der Waals surface area contributed by atoms with E-state index in [9.17, 15) is 0 Å². The molecule has 1 aliphatic heterocycles. The van der Waals surface area contributed by atoms with Crippen LogP contribution in [0.3, 0.4) is 0 Å². The lowest BCUT2D eigenvalue weighted by Gasteiger charge is -2.40. The standard InChI is InChI=1S/C12H20N2/c1-9(2)11-10-6-5-7-14(10)12(3,4)8-13-11/h5-7,9,11,13H,8H2,1-4H3/t11-/m0/s1. The van der Waals surface area contributed by atoms with Gasteiger partial charge in [-0.1, -0.05) is 13.8 Å². The largest absolute Gasteiger partial charge is 0.343 e. The minimum Gasteiger partial charge on any atom is -0.343 e. The van der Waals surface area contributed by atoms with Crippen molar-refractivity contribution in [2.75, 3.05) is 6.54 Å². The zero-order valence-electron chi connectivity index (χ0n) is 9.54. The molecule has 0 spiro atoms. The molecule has 14 heavy (non-hydrogen) atoms. The Balaban J connectivity index is 2.42. The van der Waals surface area contributed by atoms with Crippen molar-refractivity contribution in [1.29, 1.82) is 0 Å². The van der Waals surface area contributed by atoms with Crippen molar-refractivity contribution in [3.05, 3.63) is 24.0 Å². The van der Waals surface area contributed by atoms with E-state index in [-0.39, 0.29) is 5.54 Å². The van der Waals surface area contributed by atoms with Gasteiger partial charge in [-0.25, -0.2) is 0 Å². The first-order chi connectivity index (χ1) is 6.52. The van der Waals surface area contributed by atoms with Crippen LogP contribution in [0.5, 0.6) is 0 Å². The molecule has 2 heterocycles. The molecule has 2 rings (SSSR count). The lowest BCUT2D eigenvalue weighted by atomic mass is 9.93. The van der Waals surface area contributed by atoms with E-state index in [1.54, 1.807) is 0 Å². The maximum absolute atomic E-state index is 3.63. The molecule has 1 atom stereocenters. The van der Waals surface area contributed by atoms with Gasteiger partial charge >= 0.3 is 0 Å². The highest BCUT2D eigenvalue weighted by molar-refractivity contribution is 5.18. The van der Waals surface area contributed by atoms with E-state index in [0.29, 0.717) is 12.0 Å². The fourth-order valence-corrected chi connectivity index (χ4v) is 2.33. The smallest absolute Gasteiger partial charge is 0.0511 e. The van der Waals surface area contributed by atoms with Crippen molar-refractivity contribution >= 4 is 0 Å². The van der Waals surface area contributed by atoms with Gasteiger partial charge in [-0.05, 0) is 31.9 Å². The molecule has 2 nitrogen and oxygen atoms in total. The number of hydrogen-bond donors (Lipinski definition) is 1. The van der Waals surface area contributed by atoms with Crippen LogP contribution in [0.2, 0.25) is 0 Å². The second-order valence-corrected chi connectivity index (χ2v) is 5.22. The summed E-state index contributed by atoms with van der Waals surface area (Å²) in [6, 6.07) is 4.90. The third-order valence-electron chi connectivity index (χ3n) is 3.17. The van der Waals surface area contributed by atoms with Gasteiger partial charge in [0.2, 0.25) is 0 Å². The van der Waals surface area contributed by atoms with Crippen LogP contribution < -0.4 is 5.32 Å². The SMILES string of the molecule is CC(C)[C@@H]1NCC(C)(C)n2cccc21. The Hall–Kier alpha value is -0.760. The van der Waals surface area contributed by atoms with Gasteiger partial charge in [-0.2, -0.15) is 0 Å². The van der Waals surface area contributed by atoms with Crippen LogP contribution in [-0.2, 0) is 5.54 Å². The van der Waals surface area contributed by atoms with Crippen LogP contribution in [-0.4, -0.2) is 11.1 Å². The average molecular weight is 192 g/mol. The van der Waals surface area contributed by atoms with E-state index >= 15 is 0 Å². The Labute approximate surface area is 86.3 Å². The Morgan fingerprint density at radius 3 is 2.86 bits per heavy atom. The van der Waals surface area contributed by atoms with Crippen molar-refractivity contribution in [2.24, 2.45) is 5.92 Å². The van der Waals surface area contributed by atoms with E-state index in [2.05, 4.69) is 55.9 Å². The predicted octanol–water partition coefficient (Wildman–Crippen LogP) is 2.52. The summed E-state index contributed by atoms with van der Waals surface area (Å²) >= 11 is 0. The van der Waals surface area contributed by atoms with E-state index in [0.717, 1.165) is 6.54 Å². The molecule has 1 N–H and O–H groups in total. The highest BCUT2D eigenvalue weighted by Gasteiger charge is 2.32. The summed E-state index contributed by atoms with van der Waals surface area (Å²) in [4.78, 5) is 0. The molecule has 0 aliphatic carbocycles. The second kappa shape index (κ2) is 3.13. The summed E-state index contributed by atoms with van der Waals surface area (Å²) in [5.41, 5.74) is 1.64. The molecule has 1 aliphatic rings. The number of aromatic nitrogens is 1. The Kier molecular flexibility index (Phi) is 2.18. The lowest BCUT2D eigenvalue weighted by molar-refractivity contribution is 0.231. The minimum atomic E-state index is 0.213. The third-order valence-corrected chi connectivity index (χ3v) is 3.17. The number of rotatable bonds is 1. The molecule has 0 unspecified atom stereocenters. The molecule has 0 saturated carbocycles. The molecule has 0 saturated heterocycles. The molecule has 2 heteroatoms. The molecule has 0 aromatic carbocycles. The predicted molar refractivity (Wildman–Crippen MR) is 59.3 cm³/mol. The second-order valence-electron chi connectivity index (χ2n) is 5.22. The molecular weight excluding hydrogens is 172 g/mol. The molecule has 0 radical (unpaired) electrons. The lowest BCUT2D eigenvalue weighted by Crippen LogP contribution is -2.47. The first-order valence-electron chi connectivity index (χ1n) is 5.43. The Bertz CT molecular complexity index is 323. The Morgan fingerprint density at radius 2 is 2.21 bits per heavy atom. The van der Waals surface area contributed by atoms with Gasteiger partial charge in [-0.15, -0.1) is 0 Å². The van der Waals surface area contributed by atoms with Crippen molar-refractivity contribution in [3.8, 4) is 0 Å². The molecule has 0 bridgehead atoms. The van der Waals surface area contributed by atoms with Crippen LogP contribution in [0.1, 0.15) is 39.4 Å². The van der Waals surface area contributed by atoms with Gasteiger partial charge < -0.3 is 9.88 Å². The van der Waals surface area contributed by atoms with Gasteiger partial charge in [0, 0.05) is 24.5 Å². The zero-order chi connectivity index (χ0) is 10.3. The van der Waals surface area contributed by atoms with Gasteiger partial charge in [-0.3, -0.25) is 0 Å². The summed E-state index contributed by atoms with van der Waals surface area (Å²) in [6.07, 6.45) is 2.20. The van der Waals surface area contributed by atoms with Gasteiger partial charge in [0.15, 0.2) is 0 Å². The molecule has 1 aromatic rings. The molecular formula is C12H20N2. The fraction of sp³-hybridized carbons (Fsp3) is 0.667. The molecule has 1 aromatic heterocycles. The average Bonchev–Trinajstić information content (AvgIpc) is 2.52. The third kappa shape index (κ3) is 1.38.